The number of hydrogen-bond donors (Lipinski definition) is 2. The van der Waals surface area contributed by atoms with Crippen LogP contribution < -0.4 is 10.1 Å². The van der Waals surface area contributed by atoms with E-state index >= 15 is 0 Å². The molecule has 2 aliphatic rings. The lowest BCUT2D eigenvalue weighted by Crippen LogP contribution is -2.71. The molecular formula is C16H18ClN3O5. The number of carbonyl (C=O) groups is 3. The van der Waals surface area contributed by atoms with E-state index in [1.54, 1.807) is 24.3 Å². The molecule has 2 fully saturated rings. The number of carbonyl (C=O) groups excluding carboxylic acids is 3. The number of benzene rings is 1. The van der Waals surface area contributed by atoms with Gasteiger partial charge in [-0.3, -0.25) is 9.59 Å². The van der Waals surface area contributed by atoms with Crippen molar-refractivity contribution in [2.24, 2.45) is 0 Å². The fourth-order valence-electron chi connectivity index (χ4n) is 2.92. The molecule has 3 amide bonds. The van der Waals surface area contributed by atoms with E-state index in [9.17, 15) is 19.5 Å². The van der Waals surface area contributed by atoms with Gasteiger partial charge >= 0.3 is 6.09 Å². The molecule has 2 aliphatic heterocycles. The van der Waals surface area contributed by atoms with Gasteiger partial charge in [-0.15, -0.1) is 0 Å². The summed E-state index contributed by atoms with van der Waals surface area (Å²) in [6, 6.07) is 4.61. The molecule has 3 rings (SSSR count). The van der Waals surface area contributed by atoms with Gasteiger partial charge in [0.25, 0.3) is 0 Å². The number of rotatable bonds is 2. The standard InChI is InChI=1S/C16H18ClN3O5/c1-9(21)13-15(23)20-7-6-19(8-12(20)14(22)18-13)16(24)25-11-4-2-10(17)3-5-11/h2-5,9,12-13,21H,6-8H2,1H3,(H,18,22)/t9-,12-,13+/m1/s1. The maximum Gasteiger partial charge on any atom is 0.415 e. The molecule has 0 spiro atoms. The van der Waals surface area contributed by atoms with Gasteiger partial charge in [0.2, 0.25) is 11.8 Å². The van der Waals surface area contributed by atoms with Gasteiger partial charge in [-0.2, -0.15) is 0 Å². The number of amides is 3. The number of nitrogens with one attached hydrogen (secondary N) is 1. The Morgan fingerprint density at radius 3 is 2.64 bits per heavy atom. The van der Waals surface area contributed by atoms with Gasteiger partial charge in [0.1, 0.15) is 17.8 Å². The zero-order valence-electron chi connectivity index (χ0n) is 13.5. The van der Waals surface area contributed by atoms with E-state index in [4.69, 9.17) is 16.3 Å². The van der Waals surface area contributed by atoms with E-state index in [0.29, 0.717) is 10.8 Å². The summed E-state index contributed by atoms with van der Waals surface area (Å²) in [6.45, 7) is 1.93. The highest BCUT2D eigenvalue weighted by Crippen LogP contribution is 2.20. The normalized spacial score (nSPS) is 24.4. The van der Waals surface area contributed by atoms with Crippen molar-refractivity contribution in [2.45, 2.75) is 25.1 Å². The lowest BCUT2D eigenvalue weighted by molar-refractivity contribution is -0.155. The largest absolute Gasteiger partial charge is 0.415 e. The molecule has 3 atom stereocenters. The van der Waals surface area contributed by atoms with Crippen molar-refractivity contribution >= 4 is 29.5 Å². The number of hydrogen-bond acceptors (Lipinski definition) is 5. The first-order valence-electron chi connectivity index (χ1n) is 7.88. The summed E-state index contributed by atoms with van der Waals surface area (Å²) >= 11 is 5.79. The summed E-state index contributed by atoms with van der Waals surface area (Å²) in [4.78, 5) is 39.7. The number of fused-ring (bicyclic) bond motifs is 1. The maximum atomic E-state index is 12.4. The van der Waals surface area contributed by atoms with E-state index in [2.05, 4.69) is 5.32 Å². The molecule has 134 valence electrons. The fourth-order valence-corrected chi connectivity index (χ4v) is 3.05. The molecule has 0 radical (unpaired) electrons. The lowest BCUT2D eigenvalue weighted by atomic mass is 10.0. The molecule has 0 saturated carbocycles. The van der Waals surface area contributed by atoms with Crippen LogP contribution in [0.5, 0.6) is 5.75 Å². The summed E-state index contributed by atoms with van der Waals surface area (Å²) in [6.07, 6.45) is -1.58. The van der Waals surface area contributed by atoms with Gasteiger partial charge in [-0.1, -0.05) is 11.6 Å². The van der Waals surface area contributed by atoms with E-state index in [0.717, 1.165) is 0 Å². The minimum atomic E-state index is -0.981. The van der Waals surface area contributed by atoms with Crippen LogP contribution in [0.25, 0.3) is 0 Å². The van der Waals surface area contributed by atoms with Crippen LogP contribution in [0.2, 0.25) is 5.02 Å². The average Bonchev–Trinajstić information content (AvgIpc) is 2.59. The van der Waals surface area contributed by atoms with E-state index in [1.807, 2.05) is 0 Å². The van der Waals surface area contributed by atoms with Crippen LogP contribution in [0, 0.1) is 0 Å². The zero-order valence-corrected chi connectivity index (χ0v) is 14.3. The summed E-state index contributed by atoms with van der Waals surface area (Å²) in [7, 11) is 0. The SMILES string of the molecule is C[C@@H](O)[C@@H]1NC(=O)[C@H]2CN(C(=O)Oc3ccc(Cl)cc3)CCN2C1=O. The summed E-state index contributed by atoms with van der Waals surface area (Å²) < 4.78 is 5.26. The van der Waals surface area contributed by atoms with E-state index in [-0.39, 0.29) is 25.5 Å². The van der Waals surface area contributed by atoms with Crippen molar-refractivity contribution in [1.29, 1.82) is 0 Å². The van der Waals surface area contributed by atoms with Crippen molar-refractivity contribution in [2.75, 3.05) is 19.6 Å². The molecule has 0 unspecified atom stereocenters. The Hall–Kier alpha value is -2.32. The lowest BCUT2D eigenvalue weighted by Gasteiger charge is -2.45. The highest BCUT2D eigenvalue weighted by molar-refractivity contribution is 6.30. The molecule has 2 heterocycles. The number of nitrogens with zero attached hydrogens (tertiary/aromatic N) is 2. The summed E-state index contributed by atoms with van der Waals surface area (Å²) in [5.74, 6) is -0.394. The van der Waals surface area contributed by atoms with E-state index in [1.165, 1.54) is 16.7 Å². The molecule has 25 heavy (non-hydrogen) atoms. The molecule has 2 saturated heterocycles. The Bertz CT molecular complexity index is 694. The second-order valence-corrected chi connectivity index (χ2v) is 6.48. The molecule has 0 bridgehead atoms. The van der Waals surface area contributed by atoms with Crippen LogP contribution in [0.1, 0.15) is 6.92 Å². The van der Waals surface area contributed by atoms with Crippen LogP contribution >= 0.6 is 11.6 Å². The second kappa shape index (κ2) is 6.89. The van der Waals surface area contributed by atoms with Gasteiger partial charge in [0.15, 0.2) is 0 Å². The number of aliphatic hydroxyl groups excluding tert-OH is 1. The van der Waals surface area contributed by atoms with Crippen molar-refractivity contribution in [3.8, 4) is 5.75 Å². The average molecular weight is 368 g/mol. The quantitative estimate of drug-likeness (QED) is 0.779. The molecule has 1 aromatic carbocycles. The number of piperazine rings is 2. The Kier molecular flexibility index (Phi) is 4.82. The third-order valence-corrected chi connectivity index (χ3v) is 4.54. The van der Waals surface area contributed by atoms with Crippen molar-refractivity contribution in [1.82, 2.24) is 15.1 Å². The highest BCUT2D eigenvalue weighted by atomic mass is 35.5. The number of aliphatic hydroxyl groups is 1. The molecule has 2 N–H and O–H groups in total. The Morgan fingerprint density at radius 2 is 2.00 bits per heavy atom. The molecular weight excluding hydrogens is 350 g/mol. The minimum Gasteiger partial charge on any atom is -0.410 e. The number of ether oxygens (including phenoxy) is 1. The number of halogens is 1. The molecule has 1 aromatic rings. The summed E-state index contributed by atoms with van der Waals surface area (Å²) in [5.41, 5.74) is 0. The van der Waals surface area contributed by atoms with Crippen LogP contribution in [-0.2, 0) is 9.59 Å². The third kappa shape index (κ3) is 3.54. The van der Waals surface area contributed by atoms with Gasteiger partial charge in [-0.05, 0) is 31.2 Å². The fraction of sp³-hybridized carbons (Fsp3) is 0.438. The smallest absolute Gasteiger partial charge is 0.410 e. The van der Waals surface area contributed by atoms with Crippen LogP contribution in [0.15, 0.2) is 24.3 Å². The van der Waals surface area contributed by atoms with Crippen LogP contribution in [-0.4, -0.2) is 70.6 Å². The van der Waals surface area contributed by atoms with Crippen molar-refractivity contribution in [3.63, 3.8) is 0 Å². The highest BCUT2D eigenvalue weighted by Gasteiger charge is 2.45. The predicted octanol–water partition coefficient (Wildman–Crippen LogP) is 0.231. The maximum absolute atomic E-state index is 12.4. The Morgan fingerprint density at radius 1 is 1.32 bits per heavy atom. The van der Waals surface area contributed by atoms with E-state index < -0.39 is 30.2 Å². The summed E-state index contributed by atoms with van der Waals surface area (Å²) in [5, 5.41) is 12.7. The van der Waals surface area contributed by atoms with Crippen molar-refractivity contribution < 1.29 is 24.2 Å². The Labute approximate surface area is 149 Å². The zero-order chi connectivity index (χ0) is 18.1. The van der Waals surface area contributed by atoms with Gasteiger partial charge in [-0.25, -0.2) is 4.79 Å². The first-order valence-corrected chi connectivity index (χ1v) is 8.26. The molecule has 8 nitrogen and oxygen atoms in total. The topological polar surface area (TPSA) is 99.2 Å². The molecule has 0 aromatic heterocycles. The third-order valence-electron chi connectivity index (χ3n) is 4.29. The van der Waals surface area contributed by atoms with Gasteiger partial charge in [0, 0.05) is 18.1 Å². The minimum absolute atomic E-state index is 0.0382. The Balaban J connectivity index is 1.66. The second-order valence-electron chi connectivity index (χ2n) is 6.04. The predicted molar refractivity (Wildman–Crippen MR) is 88.2 cm³/mol. The molecule has 0 aliphatic carbocycles. The van der Waals surface area contributed by atoms with Gasteiger partial charge < -0.3 is 25.0 Å². The first kappa shape index (κ1) is 17.5. The van der Waals surface area contributed by atoms with Gasteiger partial charge in [0.05, 0.1) is 12.6 Å². The van der Waals surface area contributed by atoms with Crippen LogP contribution in [0.3, 0.4) is 0 Å². The van der Waals surface area contributed by atoms with Crippen LogP contribution in [0.4, 0.5) is 4.79 Å². The first-order chi connectivity index (χ1) is 11.9. The van der Waals surface area contributed by atoms with Crippen molar-refractivity contribution in [3.05, 3.63) is 29.3 Å². The molecule has 9 heteroatoms. The monoisotopic (exact) mass is 367 g/mol.